The van der Waals surface area contributed by atoms with Crippen LogP contribution in [0.25, 0.3) is 0 Å². The highest BCUT2D eigenvalue weighted by atomic mass is 79.9. The van der Waals surface area contributed by atoms with Crippen molar-refractivity contribution < 1.29 is 18.3 Å². The molecular weight excluding hydrogens is 362 g/mol. The predicted molar refractivity (Wildman–Crippen MR) is 78.3 cm³/mol. The van der Waals surface area contributed by atoms with Crippen LogP contribution in [0.5, 0.6) is 0 Å². The number of aromatic nitrogens is 2. The molecule has 1 aromatic heterocycles. The van der Waals surface area contributed by atoms with Gasteiger partial charge in [0.25, 0.3) is 0 Å². The molecule has 2 rings (SSSR count). The Morgan fingerprint density at radius 1 is 1.48 bits per heavy atom. The van der Waals surface area contributed by atoms with Crippen molar-refractivity contribution in [1.82, 2.24) is 14.3 Å². The Labute approximate surface area is 129 Å². The number of aromatic carboxylic acids is 1. The van der Waals surface area contributed by atoms with Gasteiger partial charge < -0.3 is 9.67 Å². The monoisotopic (exact) mass is 373 g/mol. The van der Waals surface area contributed by atoms with Crippen LogP contribution in [-0.4, -0.2) is 29.0 Å². The lowest BCUT2D eigenvalue weighted by molar-refractivity contribution is 0.0696. The molecule has 0 saturated heterocycles. The van der Waals surface area contributed by atoms with E-state index in [4.69, 9.17) is 5.11 Å². The number of aryl methyl sites for hydroxylation is 1. The second-order valence-corrected chi connectivity index (χ2v) is 6.82. The molecule has 0 saturated carbocycles. The van der Waals surface area contributed by atoms with Crippen molar-refractivity contribution in [1.29, 1.82) is 0 Å². The van der Waals surface area contributed by atoms with Gasteiger partial charge in [-0.2, -0.15) is 0 Å². The van der Waals surface area contributed by atoms with E-state index in [0.717, 1.165) is 6.07 Å². The SMILES string of the molecule is Cn1ccnc1CNS(=O)(=O)c1cc(C(=O)O)ccc1Br. The van der Waals surface area contributed by atoms with E-state index in [1.54, 1.807) is 24.0 Å². The third kappa shape index (κ3) is 3.49. The number of nitrogens with zero attached hydrogens (tertiary/aromatic N) is 2. The fraction of sp³-hybridized carbons (Fsp3) is 0.167. The molecule has 9 heteroatoms. The summed E-state index contributed by atoms with van der Waals surface area (Å²) in [6.45, 7) is 0.00950. The Kier molecular flexibility index (Phi) is 4.45. The molecule has 0 fully saturated rings. The molecule has 0 aliphatic rings. The molecule has 0 unspecified atom stereocenters. The summed E-state index contributed by atoms with van der Waals surface area (Å²) < 4.78 is 28.9. The van der Waals surface area contributed by atoms with Crippen molar-refractivity contribution in [3.05, 3.63) is 46.5 Å². The maximum Gasteiger partial charge on any atom is 0.335 e. The van der Waals surface area contributed by atoms with Crippen LogP contribution >= 0.6 is 15.9 Å². The molecule has 1 heterocycles. The van der Waals surface area contributed by atoms with Gasteiger partial charge in [0.05, 0.1) is 17.0 Å². The van der Waals surface area contributed by atoms with Crippen LogP contribution in [0.15, 0.2) is 40.0 Å². The van der Waals surface area contributed by atoms with Crippen molar-refractivity contribution >= 4 is 31.9 Å². The number of halogens is 1. The lowest BCUT2D eigenvalue weighted by Gasteiger charge is -2.09. The fourth-order valence-electron chi connectivity index (χ4n) is 1.65. The van der Waals surface area contributed by atoms with E-state index in [0.29, 0.717) is 10.3 Å². The second-order valence-electron chi connectivity index (χ2n) is 4.23. The maximum atomic E-state index is 12.3. The first kappa shape index (κ1) is 15.7. The second kappa shape index (κ2) is 5.96. The Hall–Kier alpha value is -1.71. The van der Waals surface area contributed by atoms with E-state index in [-0.39, 0.29) is 17.0 Å². The summed E-state index contributed by atoms with van der Waals surface area (Å²) in [7, 11) is -2.11. The number of rotatable bonds is 5. The number of benzene rings is 1. The summed E-state index contributed by atoms with van der Waals surface area (Å²) >= 11 is 3.12. The molecule has 0 aliphatic heterocycles. The molecule has 21 heavy (non-hydrogen) atoms. The molecule has 0 aliphatic carbocycles. The zero-order chi connectivity index (χ0) is 15.6. The standard InChI is InChI=1S/C12H12BrN3O4S/c1-16-5-4-14-11(16)7-15-21(19,20)10-6-8(12(17)18)2-3-9(10)13/h2-6,15H,7H2,1H3,(H,17,18). The van der Waals surface area contributed by atoms with E-state index >= 15 is 0 Å². The van der Waals surface area contributed by atoms with E-state index in [2.05, 4.69) is 25.6 Å². The van der Waals surface area contributed by atoms with Gasteiger partial charge in [-0.3, -0.25) is 0 Å². The Balaban J connectivity index is 2.29. The Morgan fingerprint density at radius 3 is 2.76 bits per heavy atom. The number of imidazole rings is 1. The van der Waals surface area contributed by atoms with Crippen molar-refractivity contribution in [3.8, 4) is 0 Å². The number of nitrogens with one attached hydrogen (secondary N) is 1. The van der Waals surface area contributed by atoms with Gasteiger partial charge in [0, 0.05) is 23.9 Å². The quantitative estimate of drug-likeness (QED) is 0.823. The largest absolute Gasteiger partial charge is 0.478 e. The van der Waals surface area contributed by atoms with Gasteiger partial charge in [0.1, 0.15) is 5.82 Å². The minimum absolute atomic E-state index is 0.00950. The number of hydrogen-bond acceptors (Lipinski definition) is 4. The minimum atomic E-state index is -3.85. The van der Waals surface area contributed by atoms with E-state index in [1.807, 2.05) is 0 Å². The molecule has 0 atom stereocenters. The normalized spacial score (nSPS) is 11.5. The molecule has 0 radical (unpaired) electrons. The molecular formula is C12H12BrN3O4S. The molecule has 2 N–H and O–H groups in total. The topological polar surface area (TPSA) is 101 Å². The van der Waals surface area contributed by atoms with Crippen molar-refractivity contribution in [2.45, 2.75) is 11.4 Å². The summed E-state index contributed by atoms with van der Waals surface area (Å²) in [4.78, 5) is 14.8. The summed E-state index contributed by atoms with van der Waals surface area (Å²) in [6.07, 6.45) is 3.26. The third-order valence-corrected chi connectivity index (χ3v) is 5.20. The molecule has 1 aromatic carbocycles. The number of hydrogen-bond donors (Lipinski definition) is 2. The number of carbonyl (C=O) groups is 1. The van der Waals surface area contributed by atoms with Crippen LogP contribution in [-0.2, 0) is 23.6 Å². The highest BCUT2D eigenvalue weighted by molar-refractivity contribution is 9.10. The first-order valence-electron chi connectivity index (χ1n) is 5.80. The fourth-order valence-corrected chi connectivity index (χ4v) is 3.61. The average molecular weight is 374 g/mol. The highest BCUT2D eigenvalue weighted by Crippen LogP contribution is 2.23. The zero-order valence-corrected chi connectivity index (χ0v) is 13.3. The molecule has 7 nitrogen and oxygen atoms in total. The van der Waals surface area contributed by atoms with Gasteiger partial charge >= 0.3 is 5.97 Å². The zero-order valence-electron chi connectivity index (χ0n) is 10.9. The molecule has 0 spiro atoms. The first-order chi connectivity index (χ1) is 9.81. The summed E-state index contributed by atoms with van der Waals surface area (Å²) in [5.41, 5.74) is -0.101. The molecule has 0 amide bonds. The van der Waals surface area contributed by atoms with Crippen molar-refractivity contribution in [2.24, 2.45) is 7.05 Å². The lowest BCUT2D eigenvalue weighted by atomic mass is 10.2. The van der Waals surface area contributed by atoms with Crippen molar-refractivity contribution in [2.75, 3.05) is 0 Å². The number of sulfonamides is 1. The van der Waals surface area contributed by atoms with Crippen LogP contribution in [0.2, 0.25) is 0 Å². The van der Waals surface area contributed by atoms with Crippen LogP contribution in [0.4, 0.5) is 0 Å². The van der Waals surface area contributed by atoms with Crippen LogP contribution in [0, 0.1) is 0 Å². The summed E-state index contributed by atoms with van der Waals surface area (Å²) in [5, 5.41) is 8.94. The number of carboxylic acid groups (broad SMARTS) is 1. The van der Waals surface area contributed by atoms with Crippen LogP contribution < -0.4 is 4.72 Å². The Bertz CT molecular complexity index is 786. The third-order valence-electron chi connectivity index (χ3n) is 2.81. The van der Waals surface area contributed by atoms with E-state index in [9.17, 15) is 13.2 Å². The summed E-state index contributed by atoms with van der Waals surface area (Å²) in [5.74, 6) is -0.646. The van der Waals surface area contributed by atoms with E-state index in [1.165, 1.54) is 12.1 Å². The highest BCUT2D eigenvalue weighted by Gasteiger charge is 2.20. The first-order valence-corrected chi connectivity index (χ1v) is 8.07. The molecule has 112 valence electrons. The van der Waals surface area contributed by atoms with Gasteiger partial charge in [0.15, 0.2) is 0 Å². The smallest absolute Gasteiger partial charge is 0.335 e. The van der Waals surface area contributed by atoms with E-state index < -0.39 is 16.0 Å². The predicted octanol–water partition coefficient (Wildman–Crippen LogP) is 1.36. The van der Waals surface area contributed by atoms with Gasteiger partial charge in [0.2, 0.25) is 10.0 Å². The summed E-state index contributed by atoms with van der Waals surface area (Å²) in [6, 6.07) is 3.82. The van der Waals surface area contributed by atoms with Gasteiger partial charge in [-0.1, -0.05) is 0 Å². The number of carboxylic acids is 1. The van der Waals surface area contributed by atoms with Crippen LogP contribution in [0.1, 0.15) is 16.2 Å². The van der Waals surface area contributed by atoms with Crippen molar-refractivity contribution in [3.63, 3.8) is 0 Å². The van der Waals surface area contributed by atoms with Gasteiger partial charge in [-0.05, 0) is 34.1 Å². The average Bonchev–Trinajstić information content (AvgIpc) is 2.82. The molecule has 2 aromatic rings. The van der Waals surface area contributed by atoms with Gasteiger partial charge in [-0.25, -0.2) is 22.9 Å². The molecule has 0 bridgehead atoms. The van der Waals surface area contributed by atoms with Gasteiger partial charge in [-0.15, -0.1) is 0 Å². The Morgan fingerprint density at radius 2 is 2.19 bits per heavy atom. The maximum absolute atomic E-state index is 12.3. The van der Waals surface area contributed by atoms with Crippen LogP contribution in [0.3, 0.4) is 0 Å². The lowest BCUT2D eigenvalue weighted by Crippen LogP contribution is -2.25. The minimum Gasteiger partial charge on any atom is -0.478 e.